The Balaban J connectivity index is 1.10. The first-order chi connectivity index (χ1) is 20.7. The smallest absolute Gasteiger partial charge is 0.368 e. The van der Waals surface area contributed by atoms with Crippen LogP contribution in [0.4, 0.5) is 24.9 Å². The van der Waals surface area contributed by atoms with E-state index in [9.17, 15) is 18.4 Å². The second-order valence-corrected chi connectivity index (χ2v) is 12.6. The third-order valence-corrected chi connectivity index (χ3v) is 9.62. The van der Waals surface area contributed by atoms with Gasteiger partial charge in [-0.2, -0.15) is 23.4 Å². The van der Waals surface area contributed by atoms with Gasteiger partial charge >= 0.3 is 6.18 Å². The normalized spacial score (nSPS) is 17.6. The maximum atomic E-state index is 13.0. The van der Waals surface area contributed by atoms with Gasteiger partial charge in [-0.15, -0.1) is 11.3 Å². The molecule has 0 atom stereocenters. The lowest BCUT2D eigenvalue weighted by atomic mass is 10.0. The third kappa shape index (κ3) is 6.72. The summed E-state index contributed by atoms with van der Waals surface area (Å²) < 4.78 is 41.0. The maximum absolute atomic E-state index is 13.0. The van der Waals surface area contributed by atoms with Crippen molar-refractivity contribution in [1.29, 1.82) is 5.26 Å². The number of likely N-dealkylation sites (tertiary alicyclic amines) is 1. The lowest BCUT2D eigenvalue weighted by molar-refractivity contribution is -0.126. The first-order valence-electron chi connectivity index (χ1n) is 14.7. The summed E-state index contributed by atoms with van der Waals surface area (Å²) >= 11 is 1.01. The van der Waals surface area contributed by atoms with E-state index in [4.69, 9.17) is 5.73 Å². The largest absolute Gasteiger partial charge is 0.393 e. The molecule has 0 bridgehead atoms. The number of nitrogens with zero attached hydrogens (tertiary/aromatic N) is 6. The molecule has 4 aromatic rings. The van der Waals surface area contributed by atoms with E-state index in [0.29, 0.717) is 21.7 Å². The summed E-state index contributed by atoms with van der Waals surface area (Å²) in [7, 11) is 0. The Morgan fingerprint density at radius 3 is 2.56 bits per heavy atom. The van der Waals surface area contributed by atoms with Crippen molar-refractivity contribution < 1.29 is 13.2 Å². The zero-order valence-corrected chi connectivity index (χ0v) is 25.0. The van der Waals surface area contributed by atoms with Gasteiger partial charge in [0.2, 0.25) is 5.95 Å². The molecule has 2 aliphatic rings. The molecule has 5 heterocycles. The summed E-state index contributed by atoms with van der Waals surface area (Å²) in [6.45, 7) is 10.5. The van der Waals surface area contributed by atoms with E-state index in [1.165, 1.54) is 17.2 Å². The number of piperazine rings is 1. The fourth-order valence-corrected chi connectivity index (χ4v) is 7.32. The van der Waals surface area contributed by atoms with Gasteiger partial charge in [-0.25, -0.2) is 4.98 Å². The van der Waals surface area contributed by atoms with Gasteiger partial charge in [0.25, 0.3) is 0 Å². The highest BCUT2D eigenvalue weighted by Crippen LogP contribution is 2.34. The molecular formula is C30H36F3N9S. The Hall–Kier alpha value is -3.44. The van der Waals surface area contributed by atoms with E-state index in [2.05, 4.69) is 60.1 Å². The highest BCUT2D eigenvalue weighted by Gasteiger charge is 2.29. The van der Waals surface area contributed by atoms with Crippen LogP contribution in [0, 0.1) is 18.3 Å². The zero-order chi connectivity index (χ0) is 30.1. The number of hydrogen-bond donors (Lipinski definition) is 3. The first kappa shape index (κ1) is 29.6. The molecule has 2 aliphatic heterocycles. The van der Waals surface area contributed by atoms with Crippen LogP contribution >= 0.6 is 11.3 Å². The van der Waals surface area contributed by atoms with Gasteiger partial charge in [-0.3, -0.25) is 9.80 Å². The van der Waals surface area contributed by atoms with Crippen molar-refractivity contribution in [1.82, 2.24) is 29.7 Å². The van der Waals surface area contributed by atoms with Crippen LogP contribution in [-0.2, 0) is 19.5 Å². The van der Waals surface area contributed by atoms with Gasteiger partial charge in [0.1, 0.15) is 22.4 Å². The molecule has 0 radical (unpaired) electrons. The van der Waals surface area contributed by atoms with Gasteiger partial charge in [0.05, 0.1) is 11.8 Å². The molecule has 6 rings (SSSR count). The lowest BCUT2D eigenvalue weighted by Gasteiger charge is -2.33. The Labute approximate surface area is 252 Å². The average molecular weight is 612 g/mol. The molecule has 1 aromatic carbocycles. The highest BCUT2D eigenvalue weighted by atomic mass is 32.1. The van der Waals surface area contributed by atoms with Crippen LogP contribution in [0.5, 0.6) is 0 Å². The van der Waals surface area contributed by atoms with Gasteiger partial charge < -0.3 is 20.9 Å². The summed E-state index contributed by atoms with van der Waals surface area (Å²) in [5, 5.41) is 18.4. The standard InChI is InChI=1S/C30H36F3N9S/c1-19-20(2-3-26-24(19)14-22(17-34)42(26)13-12-40-10-6-36-7-11-40)18-41-8-4-21(5-9-41)37-27-25-15-23(16-30(31,32)33)43-28(25)39-29(35)38-27/h2-3,14-15,21,36H,4-13,16,18H2,1H3,(H3,35,37,38,39). The van der Waals surface area contributed by atoms with E-state index in [1.807, 2.05) is 6.07 Å². The number of hydrogen-bond acceptors (Lipinski definition) is 9. The SMILES string of the molecule is Cc1c(CN2CCC(Nc3nc(N)nc4sc(CC(F)(F)F)cc34)CC2)ccc2c1cc(C#N)n2CCN1CCNCC1. The molecular weight excluding hydrogens is 575 g/mol. The van der Waals surface area contributed by atoms with Crippen molar-refractivity contribution in [3.05, 3.63) is 46.0 Å². The van der Waals surface area contributed by atoms with E-state index in [-0.39, 0.29) is 16.9 Å². The minimum Gasteiger partial charge on any atom is -0.368 e. The second kappa shape index (κ2) is 12.3. The minimum absolute atomic E-state index is 0.0518. The first-order valence-corrected chi connectivity index (χ1v) is 15.5. The molecule has 0 spiro atoms. The van der Waals surface area contributed by atoms with E-state index >= 15 is 0 Å². The molecule has 228 valence electrons. The summed E-state index contributed by atoms with van der Waals surface area (Å²) in [5.74, 6) is 0.553. The zero-order valence-electron chi connectivity index (χ0n) is 24.2. The van der Waals surface area contributed by atoms with Crippen LogP contribution in [0.1, 0.15) is 34.5 Å². The monoisotopic (exact) mass is 611 g/mol. The number of nitrogens with one attached hydrogen (secondary N) is 2. The average Bonchev–Trinajstić information content (AvgIpc) is 3.54. The number of aromatic nitrogens is 3. The Morgan fingerprint density at radius 1 is 1.07 bits per heavy atom. The number of anilines is 2. The van der Waals surface area contributed by atoms with Crippen molar-refractivity contribution in [3.63, 3.8) is 0 Å². The highest BCUT2D eigenvalue weighted by molar-refractivity contribution is 7.18. The molecule has 4 N–H and O–H groups in total. The predicted molar refractivity (Wildman–Crippen MR) is 164 cm³/mol. The number of rotatable bonds is 8. The molecule has 13 heteroatoms. The van der Waals surface area contributed by atoms with Crippen molar-refractivity contribution in [2.45, 2.75) is 51.5 Å². The van der Waals surface area contributed by atoms with Crippen molar-refractivity contribution in [3.8, 4) is 6.07 Å². The second-order valence-electron chi connectivity index (χ2n) is 11.5. The number of nitrogen functional groups attached to an aromatic ring is 1. The summed E-state index contributed by atoms with van der Waals surface area (Å²) in [6, 6.07) is 10.4. The Morgan fingerprint density at radius 2 is 1.84 bits per heavy atom. The van der Waals surface area contributed by atoms with Crippen molar-refractivity contribution in [2.24, 2.45) is 0 Å². The number of piperidine rings is 1. The van der Waals surface area contributed by atoms with Crippen LogP contribution in [0.3, 0.4) is 0 Å². The minimum atomic E-state index is -4.28. The van der Waals surface area contributed by atoms with Crippen molar-refractivity contribution >= 4 is 44.2 Å². The lowest BCUT2D eigenvalue weighted by Crippen LogP contribution is -2.44. The predicted octanol–water partition coefficient (Wildman–Crippen LogP) is 4.49. The van der Waals surface area contributed by atoms with Crippen LogP contribution in [-0.4, -0.2) is 82.4 Å². The number of nitriles is 1. The molecule has 9 nitrogen and oxygen atoms in total. The maximum Gasteiger partial charge on any atom is 0.393 e. The van der Waals surface area contributed by atoms with Crippen molar-refractivity contribution in [2.75, 3.05) is 56.9 Å². The third-order valence-electron chi connectivity index (χ3n) is 8.59. The molecule has 0 aliphatic carbocycles. The van der Waals surface area contributed by atoms with Gasteiger partial charge in [-0.05, 0) is 49.1 Å². The summed E-state index contributed by atoms with van der Waals surface area (Å²) in [6.07, 6.45) is -3.54. The fraction of sp³-hybridized carbons (Fsp3) is 0.500. The number of halogens is 3. The van der Waals surface area contributed by atoms with E-state index < -0.39 is 12.6 Å². The van der Waals surface area contributed by atoms with Crippen LogP contribution < -0.4 is 16.4 Å². The number of aryl methyl sites for hydroxylation is 1. The number of benzene rings is 1. The number of nitrogens with two attached hydrogens (primary N) is 1. The van der Waals surface area contributed by atoms with E-state index in [1.54, 1.807) is 0 Å². The molecule has 2 fully saturated rings. The van der Waals surface area contributed by atoms with Crippen LogP contribution in [0.15, 0.2) is 24.3 Å². The van der Waals surface area contributed by atoms with Gasteiger partial charge in [0.15, 0.2) is 0 Å². The van der Waals surface area contributed by atoms with E-state index in [0.717, 1.165) is 94.0 Å². The summed E-state index contributed by atoms with van der Waals surface area (Å²) in [5.41, 5.74) is 10.2. The Bertz CT molecular complexity index is 1640. The number of alkyl halides is 3. The molecule has 3 aromatic heterocycles. The number of fused-ring (bicyclic) bond motifs is 2. The topological polar surface area (TPSA) is 111 Å². The molecule has 0 unspecified atom stereocenters. The molecule has 0 amide bonds. The Kier molecular flexibility index (Phi) is 8.46. The molecule has 0 saturated carbocycles. The molecule has 43 heavy (non-hydrogen) atoms. The fourth-order valence-electron chi connectivity index (χ4n) is 6.25. The summed E-state index contributed by atoms with van der Waals surface area (Å²) in [4.78, 5) is 14.0. The number of thiophene rings is 1. The van der Waals surface area contributed by atoms with Gasteiger partial charge in [-0.1, -0.05) is 6.07 Å². The quantitative estimate of drug-likeness (QED) is 0.267. The van der Waals surface area contributed by atoms with Crippen LogP contribution in [0.25, 0.3) is 21.1 Å². The van der Waals surface area contributed by atoms with Gasteiger partial charge in [0, 0.05) is 80.7 Å². The van der Waals surface area contributed by atoms with Crippen LogP contribution in [0.2, 0.25) is 0 Å². The molecule has 2 saturated heterocycles.